The fourth-order valence-electron chi connectivity index (χ4n) is 1.38. The van der Waals surface area contributed by atoms with E-state index in [-0.39, 0.29) is 14.7 Å². The maximum atomic E-state index is 4.57. The summed E-state index contributed by atoms with van der Waals surface area (Å²) in [7, 11) is 0. The zero-order valence-corrected chi connectivity index (χ0v) is 10.7. The number of hydrogen-bond donors (Lipinski definition) is 0. The molecule has 0 bridgehead atoms. The van der Waals surface area contributed by atoms with Gasteiger partial charge in [-0.05, 0) is 0 Å². The predicted molar refractivity (Wildman–Crippen MR) is 65.5 cm³/mol. The van der Waals surface area contributed by atoms with E-state index >= 15 is 0 Å². The van der Waals surface area contributed by atoms with Crippen LogP contribution in [0.1, 0.15) is 0 Å². The van der Waals surface area contributed by atoms with Gasteiger partial charge < -0.3 is 0 Å². The third kappa shape index (κ3) is 1.85. The van der Waals surface area contributed by atoms with E-state index < -0.39 is 0 Å². The molecule has 78 valence electrons. The molecule has 2 aromatic heterocycles. The van der Waals surface area contributed by atoms with E-state index in [4.69, 9.17) is 0 Å². The molecule has 16 heavy (non-hydrogen) atoms. The van der Waals surface area contributed by atoms with E-state index in [1.165, 1.54) is 0 Å². The van der Waals surface area contributed by atoms with E-state index in [1.54, 1.807) is 11.3 Å². The fraction of sp³-hybridized carbons (Fsp3) is 0. The average molecular weight is 292 g/mol. The van der Waals surface area contributed by atoms with Gasteiger partial charge in [0.15, 0.2) is 0 Å². The molecular formula is C11H7N3SSe. The van der Waals surface area contributed by atoms with Gasteiger partial charge in [0.25, 0.3) is 0 Å². The molecule has 0 saturated heterocycles. The first-order valence-electron chi connectivity index (χ1n) is 4.72. The van der Waals surface area contributed by atoms with Crippen molar-refractivity contribution in [2.24, 2.45) is 0 Å². The minimum atomic E-state index is 0.172. The molecule has 0 spiro atoms. The SMILES string of the molecule is c1ccc(-c2nc(-c3c[se]nn3)cs2)cc1. The van der Waals surface area contributed by atoms with E-state index in [9.17, 15) is 0 Å². The molecule has 0 N–H and O–H groups in total. The van der Waals surface area contributed by atoms with Crippen molar-refractivity contribution < 1.29 is 0 Å². The molecule has 3 nitrogen and oxygen atoms in total. The van der Waals surface area contributed by atoms with Crippen molar-refractivity contribution in [3.05, 3.63) is 40.7 Å². The van der Waals surface area contributed by atoms with Crippen LogP contribution < -0.4 is 0 Å². The molecule has 0 aliphatic rings. The summed E-state index contributed by atoms with van der Waals surface area (Å²) in [5, 5.41) is 7.14. The standard InChI is InChI=1S/C11H7N3SSe/c1-2-4-8(5-3-1)11-12-9(6-15-11)10-7-16-14-13-10/h1-7H. The van der Waals surface area contributed by atoms with Gasteiger partial charge in [0, 0.05) is 0 Å². The van der Waals surface area contributed by atoms with Crippen molar-refractivity contribution in [2.45, 2.75) is 0 Å². The third-order valence-electron chi connectivity index (χ3n) is 2.15. The topological polar surface area (TPSA) is 38.7 Å². The second-order valence-corrected chi connectivity index (χ2v) is 5.33. The number of thiazole rings is 1. The van der Waals surface area contributed by atoms with Gasteiger partial charge >= 0.3 is 103 Å². The normalized spacial score (nSPS) is 10.5. The number of hydrogen-bond acceptors (Lipinski definition) is 4. The summed E-state index contributed by atoms with van der Waals surface area (Å²) in [4.78, 5) is 6.62. The zero-order chi connectivity index (χ0) is 10.8. The molecule has 0 unspecified atom stereocenters. The number of rotatable bonds is 2. The maximum absolute atomic E-state index is 4.57. The molecule has 0 aliphatic heterocycles. The van der Waals surface area contributed by atoms with Gasteiger partial charge in [0.2, 0.25) is 0 Å². The van der Waals surface area contributed by atoms with Crippen LogP contribution in [0.25, 0.3) is 22.0 Å². The van der Waals surface area contributed by atoms with Gasteiger partial charge in [-0.1, -0.05) is 0 Å². The first-order chi connectivity index (χ1) is 7.93. The van der Waals surface area contributed by atoms with Crippen LogP contribution in [0.15, 0.2) is 40.7 Å². The van der Waals surface area contributed by atoms with Crippen LogP contribution in [0.3, 0.4) is 0 Å². The van der Waals surface area contributed by atoms with Gasteiger partial charge in [-0.2, -0.15) is 0 Å². The third-order valence-corrected chi connectivity index (χ3v) is 4.10. The summed E-state index contributed by atoms with van der Waals surface area (Å²) < 4.78 is 3.98. The Balaban J connectivity index is 2.00. The van der Waals surface area contributed by atoms with Crippen molar-refractivity contribution in [3.8, 4) is 22.0 Å². The summed E-state index contributed by atoms with van der Waals surface area (Å²) in [6.45, 7) is 0. The molecular weight excluding hydrogens is 285 g/mol. The fourth-order valence-corrected chi connectivity index (χ4v) is 3.14. The Morgan fingerprint density at radius 2 is 1.94 bits per heavy atom. The Morgan fingerprint density at radius 3 is 2.69 bits per heavy atom. The molecule has 5 heteroatoms. The Bertz CT molecular complexity index is 574. The average Bonchev–Trinajstić information content (AvgIpc) is 3.01. The molecule has 0 aliphatic carbocycles. The van der Waals surface area contributed by atoms with Crippen LogP contribution in [-0.2, 0) is 0 Å². The van der Waals surface area contributed by atoms with Gasteiger partial charge in [-0.15, -0.1) is 0 Å². The van der Waals surface area contributed by atoms with Crippen LogP contribution >= 0.6 is 11.3 Å². The second-order valence-electron chi connectivity index (χ2n) is 3.19. The van der Waals surface area contributed by atoms with Gasteiger partial charge in [0.1, 0.15) is 0 Å². The number of benzene rings is 1. The molecule has 0 saturated carbocycles. The van der Waals surface area contributed by atoms with E-state index in [0.717, 1.165) is 22.0 Å². The first-order valence-corrected chi connectivity index (χ1v) is 7.35. The van der Waals surface area contributed by atoms with Gasteiger partial charge in [0.05, 0.1) is 0 Å². The Morgan fingerprint density at radius 1 is 1.06 bits per heavy atom. The van der Waals surface area contributed by atoms with Gasteiger partial charge in [-0.3, -0.25) is 0 Å². The van der Waals surface area contributed by atoms with Crippen molar-refractivity contribution in [1.29, 1.82) is 0 Å². The molecule has 0 amide bonds. The predicted octanol–water partition coefficient (Wildman–Crippen LogP) is 2.32. The monoisotopic (exact) mass is 293 g/mol. The zero-order valence-electron chi connectivity index (χ0n) is 8.20. The molecule has 2 heterocycles. The molecule has 0 atom stereocenters. The Labute approximate surface area is 103 Å². The summed E-state index contributed by atoms with van der Waals surface area (Å²) >= 11 is 1.82. The van der Waals surface area contributed by atoms with E-state index in [2.05, 4.69) is 31.2 Å². The molecule has 3 rings (SSSR count). The summed E-state index contributed by atoms with van der Waals surface area (Å²) in [6, 6.07) is 10.2. The number of nitrogens with zero attached hydrogens (tertiary/aromatic N) is 3. The van der Waals surface area contributed by atoms with Crippen LogP contribution in [0.4, 0.5) is 0 Å². The van der Waals surface area contributed by atoms with Crippen molar-refractivity contribution in [1.82, 2.24) is 14.2 Å². The van der Waals surface area contributed by atoms with Gasteiger partial charge in [-0.25, -0.2) is 0 Å². The van der Waals surface area contributed by atoms with Crippen molar-refractivity contribution in [3.63, 3.8) is 0 Å². The molecule has 1 aromatic carbocycles. The summed E-state index contributed by atoms with van der Waals surface area (Å²) in [5.41, 5.74) is 3.00. The van der Waals surface area contributed by atoms with Crippen LogP contribution in [0, 0.1) is 0 Å². The van der Waals surface area contributed by atoms with Crippen LogP contribution in [0.5, 0.6) is 0 Å². The molecule has 0 fully saturated rings. The summed E-state index contributed by atoms with van der Waals surface area (Å²) in [6.07, 6.45) is 0. The second kappa shape index (κ2) is 4.29. The van der Waals surface area contributed by atoms with Crippen molar-refractivity contribution in [2.75, 3.05) is 0 Å². The summed E-state index contributed by atoms with van der Waals surface area (Å²) in [5.74, 6) is 0. The van der Waals surface area contributed by atoms with Crippen LogP contribution in [0.2, 0.25) is 0 Å². The first kappa shape index (κ1) is 9.90. The van der Waals surface area contributed by atoms with E-state index in [0.29, 0.717) is 0 Å². The van der Waals surface area contributed by atoms with Crippen molar-refractivity contribution >= 4 is 26.1 Å². The van der Waals surface area contributed by atoms with Crippen LogP contribution in [-0.4, -0.2) is 28.9 Å². The quantitative estimate of drug-likeness (QED) is 0.680. The number of aromatic nitrogens is 3. The molecule has 3 aromatic rings. The Kier molecular flexibility index (Phi) is 2.66. The van der Waals surface area contributed by atoms with E-state index in [1.807, 2.05) is 23.6 Å². The minimum absolute atomic E-state index is 0.172. The Hall–Kier alpha value is -1.29. The molecule has 0 radical (unpaired) electrons.